The van der Waals surface area contributed by atoms with E-state index in [1.165, 1.54) is 0 Å². The Labute approximate surface area is 148 Å². The number of imidazole rings is 1. The van der Waals surface area contributed by atoms with Crippen LogP contribution in [-0.4, -0.2) is 22.1 Å². The molecular formula is C19H25N5O. The molecule has 2 amide bonds. The van der Waals surface area contributed by atoms with Crippen LogP contribution in [0.25, 0.3) is 0 Å². The first kappa shape index (κ1) is 18.5. The summed E-state index contributed by atoms with van der Waals surface area (Å²) in [4.78, 5) is 16.1. The van der Waals surface area contributed by atoms with Crippen molar-refractivity contribution in [1.29, 1.82) is 5.26 Å². The van der Waals surface area contributed by atoms with Crippen molar-refractivity contribution in [2.24, 2.45) is 0 Å². The van der Waals surface area contributed by atoms with Gasteiger partial charge in [-0.2, -0.15) is 5.26 Å². The Balaban J connectivity index is 1.70. The van der Waals surface area contributed by atoms with Crippen molar-refractivity contribution >= 4 is 11.7 Å². The molecule has 0 atom stereocenters. The Morgan fingerprint density at radius 3 is 2.60 bits per heavy atom. The highest BCUT2D eigenvalue weighted by atomic mass is 16.2. The zero-order valence-electron chi connectivity index (χ0n) is 15.0. The summed E-state index contributed by atoms with van der Waals surface area (Å²) in [6.07, 6.45) is 5.65. The number of nitriles is 1. The van der Waals surface area contributed by atoms with E-state index in [0.717, 1.165) is 30.8 Å². The van der Waals surface area contributed by atoms with Gasteiger partial charge in [0.1, 0.15) is 5.82 Å². The number of hydrogen-bond donors (Lipinski definition) is 2. The molecule has 1 heterocycles. The van der Waals surface area contributed by atoms with E-state index < -0.39 is 5.41 Å². The maximum atomic E-state index is 11.9. The third-order valence-corrected chi connectivity index (χ3v) is 4.18. The molecule has 0 fully saturated rings. The minimum atomic E-state index is -0.533. The summed E-state index contributed by atoms with van der Waals surface area (Å²) in [5.41, 5.74) is 1.11. The predicted molar refractivity (Wildman–Crippen MR) is 98.3 cm³/mol. The molecule has 0 aliphatic heterocycles. The number of urea groups is 1. The zero-order chi connectivity index (χ0) is 18.3. The fraction of sp³-hybridized carbons (Fsp3) is 0.421. The zero-order valence-corrected chi connectivity index (χ0v) is 15.0. The van der Waals surface area contributed by atoms with E-state index in [-0.39, 0.29) is 6.03 Å². The second-order valence-corrected chi connectivity index (χ2v) is 6.57. The Bertz CT molecular complexity index is 740. The molecule has 6 nitrogen and oxygen atoms in total. The number of benzene rings is 1. The smallest absolute Gasteiger partial charge is 0.319 e. The quantitative estimate of drug-likeness (QED) is 0.756. The van der Waals surface area contributed by atoms with Gasteiger partial charge < -0.3 is 15.2 Å². The van der Waals surface area contributed by atoms with Crippen molar-refractivity contribution in [2.45, 2.75) is 45.6 Å². The number of unbranched alkanes of at least 4 members (excludes halogenated alkanes) is 1. The van der Waals surface area contributed by atoms with Crippen LogP contribution in [0.5, 0.6) is 0 Å². The van der Waals surface area contributed by atoms with Crippen LogP contribution in [0.2, 0.25) is 0 Å². The third kappa shape index (κ3) is 5.35. The van der Waals surface area contributed by atoms with Gasteiger partial charge in [-0.05, 0) is 51.3 Å². The number of nitrogens with zero attached hydrogens (tertiary/aromatic N) is 3. The molecule has 0 unspecified atom stereocenters. The van der Waals surface area contributed by atoms with Crippen molar-refractivity contribution in [1.82, 2.24) is 14.9 Å². The van der Waals surface area contributed by atoms with Gasteiger partial charge in [0.2, 0.25) is 0 Å². The fourth-order valence-electron chi connectivity index (χ4n) is 2.46. The molecule has 0 aliphatic carbocycles. The van der Waals surface area contributed by atoms with Crippen LogP contribution in [0.3, 0.4) is 0 Å². The van der Waals surface area contributed by atoms with Crippen LogP contribution in [0.15, 0.2) is 36.7 Å². The Morgan fingerprint density at radius 2 is 2.00 bits per heavy atom. The molecule has 1 aromatic heterocycles. The molecule has 1 aromatic carbocycles. The number of hydrogen-bond acceptors (Lipinski definition) is 3. The second-order valence-electron chi connectivity index (χ2n) is 6.57. The number of amides is 2. The van der Waals surface area contributed by atoms with Crippen LogP contribution in [0.4, 0.5) is 10.5 Å². The topological polar surface area (TPSA) is 82.7 Å². The summed E-state index contributed by atoms with van der Waals surface area (Å²) in [7, 11) is 0. The van der Waals surface area contributed by atoms with Gasteiger partial charge >= 0.3 is 6.03 Å². The van der Waals surface area contributed by atoms with Gasteiger partial charge in [0, 0.05) is 31.2 Å². The molecule has 2 rings (SSSR count). The summed E-state index contributed by atoms with van der Waals surface area (Å²) in [5, 5.41) is 14.8. The van der Waals surface area contributed by atoms with Crippen LogP contribution < -0.4 is 10.6 Å². The lowest BCUT2D eigenvalue weighted by Gasteiger charge is -2.16. The highest BCUT2D eigenvalue weighted by Gasteiger charge is 2.19. The number of aryl methyl sites for hydroxylation is 2. The highest BCUT2D eigenvalue weighted by Crippen LogP contribution is 2.23. The summed E-state index contributed by atoms with van der Waals surface area (Å²) >= 11 is 0. The maximum Gasteiger partial charge on any atom is 0.319 e. The molecule has 25 heavy (non-hydrogen) atoms. The lowest BCUT2D eigenvalue weighted by molar-refractivity contribution is 0.252. The van der Waals surface area contributed by atoms with E-state index in [4.69, 9.17) is 5.26 Å². The van der Waals surface area contributed by atoms with Gasteiger partial charge in [0.05, 0.1) is 11.5 Å². The van der Waals surface area contributed by atoms with Crippen LogP contribution in [-0.2, 0) is 12.0 Å². The number of aromatic nitrogens is 2. The normalized spacial score (nSPS) is 11.0. The number of carbonyl (C=O) groups excluding carboxylic acids is 1. The van der Waals surface area contributed by atoms with E-state index in [2.05, 4.69) is 26.3 Å². The lowest BCUT2D eigenvalue weighted by Crippen LogP contribution is -2.29. The van der Waals surface area contributed by atoms with Gasteiger partial charge in [0.15, 0.2) is 0 Å². The summed E-state index contributed by atoms with van der Waals surface area (Å²) in [5.74, 6) is 1.01. The SMILES string of the molecule is Cc1nccn1CCCCNC(=O)Nc1ccc(C(C)(C)C#N)cc1. The average Bonchev–Trinajstić information content (AvgIpc) is 3.00. The van der Waals surface area contributed by atoms with Crippen molar-refractivity contribution in [3.8, 4) is 6.07 Å². The number of nitrogens with one attached hydrogen (secondary N) is 2. The van der Waals surface area contributed by atoms with Crippen LogP contribution >= 0.6 is 0 Å². The molecule has 2 N–H and O–H groups in total. The standard InChI is InChI=1S/C19H25N5O/c1-15-21-11-13-24(15)12-5-4-10-22-18(25)23-17-8-6-16(7-9-17)19(2,3)14-20/h6-9,11,13H,4-5,10,12H2,1-3H3,(H2,22,23,25). The van der Waals surface area contributed by atoms with E-state index >= 15 is 0 Å². The lowest BCUT2D eigenvalue weighted by atomic mass is 9.86. The first-order valence-electron chi connectivity index (χ1n) is 8.47. The first-order valence-corrected chi connectivity index (χ1v) is 8.47. The predicted octanol–water partition coefficient (Wildman–Crippen LogP) is 3.59. The molecule has 6 heteroatoms. The van der Waals surface area contributed by atoms with Crippen LogP contribution in [0.1, 0.15) is 38.1 Å². The molecule has 0 spiro atoms. The molecule has 2 aromatic rings. The monoisotopic (exact) mass is 339 g/mol. The molecule has 0 saturated heterocycles. The Hall–Kier alpha value is -2.81. The van der Waals surface area contributed by atoms with Crippen molar-refractivity contribution in [3.63, 3.8) is 0 Å². The summed E-state index contributed by atoms with van der Waals surface area (Å²) < 4.78 is 2.10. The molecule has 0 saturated carbocycles. The largest absolute Gasteiger partial charge is 0.338 e. The van der Waals surface area contributed by atoms with Crippen molar-refractivity contribution < 1.29 is 4.79 Å². The van der Waals surface area contributed by atoms with Gasteiger partial charge in [-0.3, -0.25) is 0 Å². The molecule has 0 bridgehead atoms. The van der Waals surface area contributed by atoms with E-state index in [0.29, 0.717) is 12.2 Å². The Kier molecular flexibility index (Phi) is 6.18. The van der Waals surface area contributed by atoms with E-state index in [9.17, 15) is 4.79 Å². The highest BCUT2D eigenvalue weighted by molar-refractivity contribution is 5.89. The van der Waals surface area contributed by atoms with E-state index in [1.807, 2.05) is 51.2 Å². The van der Waals surface area contributed by atoms with E-state index in [1.54, 1.807) is 6.20 Å². The second kappa shape index (κ2) is 8.34. The number of anilines is 1. The minimum absolute atomic E-state index is 0.217. The van der Waals surface area contributed by atoms with Crippen molar-refractivity contribution in [2.75, 3.05) is 11.9 Å². The summed E-state index contributed by atoms with van der Waals surface area (Å²) in [6, 6.07) is 9.41. The number of carbonyl (C=O) groups is 1. The van der Waals surface area contributed by atoms with Crippen molar-refractivity contribution in [3.05, 3.63) is 48.0 Å². The fourth-order valence-corrected chi connectivity index (χ4v) is 2.46. The molecular weight excluding hydrogens is 314 g/mol. The minimum Gasteiger partial charge on any atom is -0.338 e. The Morgan fingerprint density at radius 1 is 1.28 bits per heavy atom. The third-order valence-electron chi connectivity index (χ3n) is 4.18. The summed E-state index contributed by atoms with van der Waals surface area (Å²) in [6.45, 7) is 7.25. The van der Waals surface area contributed by atoms with Gasteiger partial charge in [0.25, 0.3) is 0 Å². The average molecular weight is 339 g/mol. The first-order chi connectivity index (χ1) is 11.9. The van der Waals surface area contributed by atoms with Gasteiger partial charge in [-0.1, -0.05) is 12.1 Å². The van der Waals surface area contributed by atoms with Gasteiger partial charge in [-0.25, -0.2) is 9.78 Å². The molecule has 132 valence electrons. The van der Waals surface area contributed by atoms with Gasteiger partial charge in [-0.15, -0.1) is 0 Å². The van der Waals surface area contributed by atoms with Crippen LogP contribution in [0, 0.1) is 18.3 Å². The molecule has 0 radical (unpaired) electrons. The number of rotatable bonds is 7. The maximum absolute atomic E-state index is 11.9. The molecule has 0 aliphatic rings.